The summed E-state index contributed by atoms with van der Waals surface area (Å²) in [5, 5.41) is 12.6. The topological polar surface area (TPSA) is 52.8 Å². The summed E-state index contributed by atoms with van der Waals surface area (Å²) in [7, 11) is 0. The second-order valence-corrected chi connectivity index (χ2v) is 6.34. The van der Waals surface area contributed by atoms with E-state index in [9.17, 15) is 0 Å². The molecule has 3 aromatic rings. The Hall–Kier alpha value is -1.86. The van der Waals surface area contributed by atoms with Gasteiger partial charge in [-0.1, -0.05) is 52.0 Å². The first-order chi connectivity index (χ1) is 10.8. The Bertz CT molecular complexity index is 735. The molecule has 0 spiro atoms. The Morgan fingerprint density at radius 2 is 1.95 bits per heavy atom. The molecule has 1 aromatic heterocycles. The quantitative estimate of drug-likeness (QED) is 0.485. The van der Waals surface area contributed by atoms with E-state index in [4.69, 9.17) is 4.74 Å². The molecule has 0 saturated heterocycles. The van der Waals surface area contributed by atoms with Gasteiger partial charge in [-0.15, -0.1) is 5.10 Å². The summed E-state index contributed by atoms with van der Waals surface area (Å²) in [6.45, 7) is 0.586. The Kier molecular flexibility index (Phi) is 5.07. The Morgan fingerprint density at radius 1 is 1.09 bits per heavy atom. The molecule has 112 valence electrons. The van der Waals surface area contributed by atoms with Crippen molar-refractivity contribution in [2.75, 3.05) is 12.4 Å². The van der Waals surface area contributed by atoms with E-state index in [2.05, 4.69) is 31.5 Å². The minimum Gasteiger partial charge on any atom is -0.493 e. The lowest BCUT2D eigenvalue weighted by molar-refractivity contribution is 0.343. The van der Waals surface area contributed by atoms with Crippen LogP contribution >= 0.6 is 27.7 Å². The molecule has 0 N–H and O–H groups in total. The van der Waals surface area contributed by atoms with Gasteiger partial charge in [-0.3, -0.25) is 0 Å². The largest absolute Gasteiger partial charge is 0.493 e. The Labute approximate surface area is 140 Å². The van der Waals surface area contributed by atoms with Gasteiger partial charge in [0.25, 0.3) is 0 Å². The first-order valence-electron chi connectivity index (χ1n) is 6.68. The predicted molar refractivity (Wildman–Crippen MR) is 89.5 cm³/mol. The van der Waals surface area contributed by atoms with Crippen LogP contribution in [0.3, 0.4) is 0 Å². The van der Waals surface area contributed by atoms with Crippen LogP contribution in [-0.4, -0.2) is 32.6 Å². The standard InChI is InChI=1S/C15H13BrN4OS/c16-12-5-4-8-14(11-12)21-9-10-22-15-17-18-19-20(15)13-6-2-1-3-7-13/h1-8,11H,9-10H2. The number of para-hydroxylation sites is 1. The van der Waals surface area contributed by atoms with Crippen LogP contribution in [-0.2, 0) is 0 Å². The molecular weight excluding hydrogens is 364 g/mol. The minimum absolute atomic E-state index is 0.586. The number of aromatic nitrogens is 4. The van der Waals surface area contributed by atoms with Crippen LogP contribution < -0.4 is 4.74 Å². The third-order valence-corrected chi connectivity index (χ3v) is 4.20. The summed E-state index contributed by atoms with van der Waals surface area (Å²) < 4.78 is 8.43. The summed E-state index contributed by atoms with van der Waals surface area (Å²) in [6.07, 6.45) is 0. The maximum absolute atomic E-state index is 5.70. The van der Waals surface area contributed by atoms with Crippen LogP contribution in [0.4, 0.5) is 0 Å². The highest BCUT2D eigenvalue weighted by Gasteiger charge is 2.08. The highest BCUT2D eigenvalue weighted by molar-refractivity contribution is 9.10. The van der Waals surface area contributed by atoms with E-state index in [1.807, 2.05) is 54.6 Å². The third kappa shape index (κ3) is 3.86. The molecule has 0 amide bonds. The van der Waals surface area contributed by atoms with Crippen molar-refractivity contribution in [3.05, 3.63) is 59.1 Å². The molecule has 0 aliphatic heterocycles. The number of halogens is 1. The predicted octanol–water partition coefficient (Wildman–Crippen LogP) is 3.60. The lowest BCUT2D eigenvalue weighted by atomic mass is 10.3. The van der Waals surface area contributed by atoms with Crippen LogP contribution in [0.5, 0.6) is 5.75 Å². The van der Waals surface area contributed by atoms with Gasteiger partial charge in [-0.05, 0) is 40.8 Å². The molecule has 0 fully saturated rings. The average molecular weight is 377 g/mol. The number of tetrazole rings is 1. The zero-order chi connectivity index (χ0) is 15.2. The molecule has 0 saturated carbocycles. The fraction of sp³-hybridized carbons (Fsp3) is 0.133. The van der Waals surface area contributed by atoms with Crippen molar-refractivity contribution in [3.8, 4) is 11.4 Å². The van der Waals surface area contributed by atoms with Gasteiger partial charge in [0.2, 0.25) is 5.16 Å². The molecular formula is C15H13BrN4OS. The molecule has 2 aromatic carbocycles. The maximum atomic E-state index is 5.70. The number of hydrogen-bond donors (Lipinski definition) is 0. The fourth-order valence-corrected chi connectivity index (χ4v) is 2.94. The monoisotopic (exact) mass is 376 g/mol. The van der Waals surface area contributed by atoms with Crippen LogP contribution in [0.1, 0.15) is 0 Å². The van der Waals surface area contributed by atoms with E-state index < -0.39 is 0 Å². The van der Waals surface area contributed by atoms with Crippen LogP contribution in [0.25, 0.3) is 5.69 Å². The molecule has 0 atom stereocenters. The van der Waals surface area contributed by atoms with E-state index in [1.165, 1.54) is 0 Å². The fourth-order valence-electron chi connectivity index (χ4n) is 1.85. The number of thioether (sulfide) groups is 1. The van der Waals surface area contributed by atoms with Crippen molar-refractivity contribution in [1.29, 1.82) is 0 Å². The van der Waals surface area contributed by atoms with Gasteiger partial charge in [-0.2, -0.15) is 4.68 Å². The van der Waals surface area contributed by atoms with Gasteiger partial charge in [-0.25, -0.2) is 0 Å². The Morgan fingerprint density at radius 3 is 2.77 bits per heavy atom. The average Bonchev–Trinajstić information content (AvgIpc) is 3.01. The van der Waals surface area contributed by atoms with Gasteiger partial charge >= 0.3 is 0 Å². The highest BCUT2D eigenvalue weighted by Crippen LogP contribution is 2.20. The van der Waals surface area contributed by atoms with Crippen LogP contribution in [0, 0.1) is 0 Å². The van der Waals surface area contributed by atoms with Crippen molar-refractivity contribution < 1.29 is 4.74 Å². The summed E-state index contributed by atoms with van der Waals surface area (Å²) in [5.74, 6) is 1.61. The number of nitrogens with zero attached hydrogens (tertiary/aromatic N) is 4. The van der Waals surface area contributed by atoms with Crippen molar-refractivity contribution in [3.63, 3.8) is 0 Å². The molecule has 22 heavy (non-hydrogen) atoms. The van der Waals surface area contributed by atoms with Crippen molar-refractivity contribution in [2.45, 2.75) is 5.16 Å². The Balaban J connectivity index is 1.56. The summed E-state index contributed by atoms with van der Waals surface area (Å²) in [4.78, 5) is 0. The highest BCUT2D eigenvalue weighted by atomic mass is 79.9. The minimum atomic E-state index is 0.586. The van der Waals surface area contributed by atoms with E-state index in [-0.39, 0.29) is 0 Å². The summed E-state index contributed by atoms with van der Waals surface area (Å²) in [5.41, 5.74) is 0.947. The van der Waals surface area contributed by atoms with Crippen LogP contribution in [0.15, 0.2) is 64.2 Å². The molecule has 7 heteroatoms. The van der Waals surface area contributed by atoms with E-state index in [0.717, 1.165) is 26.8 Å². The van der Waals surface area contributed by atoms with Crippen molar-refractivity contribution in [1.82, 2.24) is 20.2 Å². The zero-order valence-electron chi connectivity index (χ0n) is 11.6. The molecule has 0 aliphatic rings. The van der Waals surface area contributed by atoms with Crippen molar-refractivity contribution >= 4 is 27.7 Å². The van der Waals surface area contributed by atoms with Gasteiger partial charge in [0, 0.05) is 10.2 Å². The van der Waals surface area contributed by atoms with E-state index in [0.29, 0.717) is 6.61 Å². The third-order valence-electron chi connectivity index (χ3n) is 2.82. The van der Waals surface area contributed by atoms with E-state index in [1.54, 1.807) is 16.4 Å². The molecule has 1 heterocycles. The summed E-state index contributed by atoms with van der Waals surface area (Å²) in [6, 6.07) is 17.6. The second-order valence-electron chi connectivity index (χ2n) is 4.36. The molecule has 0 aliphatic carbocycles. The SMILES string of the molecule is Brc1cccc(OCCSc2nnnn2-c2ccccc2)c1. The summed E-state index contributed by atoms with van der Waals surface area (Å²) >= 11 is 4.99. The number of ether oxygens (including phenoxy) is 1. The number of benzene rings is 2. The lowest BCUT2D eigenvalue weighted by Gasteiger charge is -2.06. The van der Waals surface area contributed by atoms with Crippen LogP contribution in [0.2, 0.25) is 0 Å². The van der Waals surface area contributed by atoms with Crippen molar-refractivity contribution in [2.24, 2.45) is 0 Å². The molecule has 0 bridgehead atoms. The lowest BCUT2D eigenvalue weighted by Crippen LogP contribution is -2.03. The zero-order valence-corrected chi connectivity index (χ0v) is 14.0. The smallest absolute Gasteiger partial charge is 0.214 e. The normalized spacial score (nSPS) is 10.6. The number of hydrogen-bond acceptors (Lipinski definition) is 5. The molecule has 0 radical (unpaired) electrons. The molecule has 5 nitrogen and oxygen atoms in total. The van der Waals surface area contributed by atoms with Gasteiger partial charge in [0.1, 0.15) is 5.75 Å². The van der Waals surface area contributed by atoms with Gasteiger partial charge in [0.05, 0.1) is 12.3 Å². The van der Waals surface area contributed by atoms with Gasteiger partial charge < -0.3 is 4.74 Å². The maximum Gasteiger partial charge on any atom is 0.214 e. The first kappa shape index (κ1) is 15.1. The number of rotatable bonds is 6. The van der Waals surface area contributed by atoms with Gasteiger partial charge in [0.15, 0.2) is 0 Å². The second kappa shape index (κ2) is 7.42. The van der Waals surface area contributed by atoms with E-state index >= 15 is 0 Å². The first-order valence-corrected chi connectivity index (χ1v) is 8.46. The molecule has 0 unspecified atom stereocenters. The molecule has 3 rings (SSSR count).